The predicted octanol–water partition coefficient (Wildman–Crippen LogP) is 2.94. The number of piperidine rings is 1. The summed E-state index contributed by atoms with van der Waals surface area (Å²) >= 11 is 1.22. The standard InChI is InChI=1S/C21H22N4O6S2/c1-13-18(33(27,28)22-11-14-5-6-15-16(9-14)30-12-29-15)10-17(32-13)19-23-24-20(31-19)21(26)25-7-3-2-4-8-25/h5-6,9-10,22H,2-4,7-8,11-12H2,1H3. The number of carbonyl (C=O) groups excluding carboxylic acids is 1. The van der Waals surface area contributed by atoms with E-state index in [2.05, 4.69) is 14.9 Å². The van der Waals surface area contributed by atoms with Gasteiger partial charge in [-0.15, -0.1) is 21.5 Å². The molecule has 2 aromatic heterocycles. The molecule has 0 unspecified atom stereocenters. The van der Waals surface area contributed by atoms with Gasteiger partial charge in [0.1, 0.15) is 0 Å². The van der Waals surface area contributed by atoms with E-state index in [1.807, 2.05) is 0 Å². The molecule has 1 amide bonds. The third-order valence-corrected chi connectivity index (χ3v) is 8.22. The molecule has 33 heavy (non-hydrogen) atoms. The van der Waals surface area contributed by atoms with Gasteiger partial charge in [0.25, 0.3) is 5.89 Å². The molecule has 0 radical (unpaired) electrons. The number of hydrogen-bond donors (Lipinski definition) is 1. The van der Waals surface area contributed by atoms with E-state index in [0.29, 0.717) is 34.3 Å². The lowest BCUT2D eigenvalue weighted by Gasteiger charge is -2.24. The van der Waals surface area contributed by atoms with E-state index in [4.69, 9.17) is 13.9 Å². The van der Waals surface area contributed by atoms with Gasteiger partial charge in [-0.1, -0.05) is 6.07 Å². The van der Waals surface area contributed by atoms with E-state index in [0.717, 1.165) is 24.8 Å². The monoisotopic (exact) mass is 490 g/mol. The van der Waals surface area contributed by atoms with Crippen LogP contribution in [0.3, 0.4) is 0 Å². The van der Waals surface area contributed by atoms with Gasteiger partial charge in [-0.2, -0.15) is 0 Å². The molecule has 5 rings (SSSR count). The Bertz CT molecular complexity index is 1290. The maximum absolute atomic E-state index is 12.9. The van der Waals surface area contributed by atoms with Gasteiger partial charge in [-0.25, -0.2) is 13.1 Å². The highest BCUT2D eigenvalue weighted by Gasteiger charge is 2.26. The number of carbonyl (C=O) groups is 1. The molecule has 12 heteroatoms. The number of amides is 1. The number of likely N-dealkylation sites (tertiary alicyclic amines) is 1. The SMILES string of the molecule is Cc1sc(-c2nnc(C(=O)N3CCCCC3)o2)cc1S(=O)(=O)NCc1ccc2c(c1)OCO2. The summed E-state index contributed by atoms with van der Waals surface area (Å²) in [6, 6.07) is 6.76. The zero-order valence-corrected chi connectivity index (χ0v) is 19.5. The molecular weight excluding hydrogens is 468 g/mol. The zero-order chi connectivity index (χ0) is 23.0. The number of benzene rings is 1. The average Bonchev–Trinajstić information content (AvgIpc) is 3.57. The van der Waals surface area contributed by atoms with Crippen molar-refractivity contribution in [2.75, 3.05) is 19.9 Å². The molecule has 0 aliphatic carbocycles. The Hall–Kier alpha value is -2.96. The zero-order valence-electron chi connectivity index (χ0n) is 17.9. The lowest BCUT2D eigenvalue weighted by molar-refractivity contribution is 0.0684. The number of thiophene rings is 1. The fraction of sp³-hybridized carbons (Fsp3) is 0.381. The van der Waals surface area contributed by atoms with Gasteiger partial charge >= 0.3 is 11.8 Å². The van der Waals surface area contributed by atoms with E-state index in [9.17, 15) is 13.2 Å². The van der Waals surface area contributed by atoms with Crippen LogP contribution in [0.2, 0.25) is 0 Å². The number of aryl methyl sites for hydroxylation is 1. The number of aromatic nitrogens is 2. The van der Waals surface area contributed by atoms with Gasteiger partial charge in [0.05, 0.1) is 9.77 Å². The molecule has 1 N–H and O–H groups in total. The van der Waals surface area contributed by atoms with Crippen molar-refractivity contribution in [2.24, 2.45) is 0 Å². The molecule has 1 saturated heterocycles. The number of ether oxygens (including phenoxy) is 2. The summed E-state index contributed by atoms with van der Waals surface area (Å²) in [6.45, 7) is 3.30. The van der Waals surface area contributed by atoms with E-state index in [1.165, 1.54) is 17.4 Å². The Morgan fingerprint density at radius 1 is 1.12 bits per heavy atom. The predicted molar refractivity (Wildman–Crippen MR) is 119 cm³/mol. The Labute approximate surface area is 194 Å². The van der Waals surface area contributed by atoms with Crippen LogP contribution in [0.25, 0.3) is 10.8 Å². The first-order valence-electron chi connectivity index (χ1n) is 10.5. The van der Waals surface area contributed by atoms with Gasteiger partial charge in [-0.3, -0.25) is 4.79 Å². The molecule has 2 aliphatic heterocycles. The number of sulfonamides is 1. The van der Waals surface area contributed by atoms with Gasteiger partial charge in [0.15, 0.2) is 11.5 Å². The first-order chi connectivity index (χ1) is 15.9. The fourth-order valence-electron chi connectivity index (χ4n) is 3.79. The molecule has 4 heterocycles. The largest absolute Gasteiger partial charge is 0.454 e. The van der Waals surface area contributed by atoms with Gasteiger partial charge in [0.2, 0.25) is 16.8 Å². The van der Waals surface area contributed by atoms with Crippen LogP contribution in [-0.4, -0.2) is 49.3 Å². The van der Waals surface area contributed by atoms with Crippen molar-refractivity contribution >= 4 is 27.3 Å². The lowest BCUT2D eigenvalue weighted by atomic mass is 10.1. The molecule has 1 aromatic carbocycles. The van der Waals surface area contributed by atoms with Crippen LogP contribution in [0.1, 0.15) is 40.4 Å². The minimum Gasteiger partial charge on any atom is -0.454 e. The van der Waals surface area contributed by atoms with Crippen molar-refractivity contribution in [1.82, 2.24) is 19.8 Å². The van der Waals surface area contributed by atoms with Crippen molar-refractivity contribution in [2.45, 2.75) is 37.6 Å². The van der Waals surface area contributed by atoms with Gasteiger partial charge in [-0.05, 0) is 49.9 Å². The highest BCUT2D eigenvalue weighted by Crippen LogP contribution is 2.34. The van der Waals surface area contributed by atoms with Gasteiger partial charge in [0, 0.05) is 24.5 Å². The summed E-state index contributed by atoms with van der Waals surface area (Å²) in [4.78, 5) is 15.5. The van der Waals surface area contributed by atoms with E-state index < -0.39 is 10.0 Å². The molecule has 0 saturated carbocycles. The Kier molecular flexibility index (Phi) is 5.81. The second-order valence-electron chi connectivity index (χ2n) is 7.81. The highest BCUT2D eigenvalue weighted by molar-refractivity contribution is 7.89. The van der Waals surface area contributed by atoms with Crippen molar-refractivity contribution in [3.63, 3.8) is 0 Å². The topological polar surface area (TPSA) is 124 Å². The third-order valence-electron chi connectivity index (χ3n) is 5.53. The van der Waals surface area contributed by atoms with Crippen LogP contribution in [0.4, 0.5) is 0 Å². The molecule has 174 valence electrons. The molecule has 2 aliphatic rings. The van der Waals surface area contributed by atoms with E-state index in [-0.39, 0.29) is 35.9 Å². The normalized spacial score (nSPS) is 15.7. The van der Waals surface area contributed by atoms with Crippen molar-refractivity contribution in [3.8, 4) is 22.3 Å². The molecule has 1 fully saturated rings. The summed E-state index contributed by atoms with van der Waals surface area (Å²) in [5, 5.41) is 7.86. The quantitative estimate of drug-likeness (QED) is 0.559. The minimum atomic E-state index is -3.79. The molecule has 0 atom stereocenters. The lowest BCUT2D eigenvalue weighted by Crippen LogP contribution is -2.35. The van der Waals surface area contributed by atoms with E-state index in [1.54, 1.807) is 30.0 Å². The molecule has 3 aromatic rings. The number of nitrogens with one attached hydrogen (secondary N) is 1. The number of hydrogen-bond acceptors (Lipinski definition) is 9. The summed E-state index contributed by atoms with van der Waals surface area (Å²) in [6.07, 6.45) is 3.02. The summed E-state index contributed by atoms with van der Waals surface area (Å²) in [7, 11) is -3.79. The van der Waals surface area contributed by atoms with E-state index >= 15 is 0 Å². The summed E-state index contributed by atoms with van der Waals surface area (Å²) in [5.41, 5.74) is 0.744. The maximum Gasteiger partial charge on any atom is 0.311 e. The van der Waals surface area contributed by atoms with Gasteiger partial charge < -0.3 is 18.8 Å². The smallest absolute Gasteiger partial charge is 0.311 e. The van der Waals surface area contributed by atoms with Crippen LogP contribution in [-0.2, 0) is 16.6 Å². The van der Waals surface area contributed by atoms with Crippen molar-refractivity contribution in [3.05, 3.63) is 40.6 Å². The Morgan fingerprint density at radius 3 is 2.73 bits per heavy atom. The molecule has 0 bridgehead atoms. The third kappa shape index (κ3) is 4.45. The Balaban J connectivity index is 1.30. The van der Waals surface area contributed by atoms with Crippen LogP contribution in [0.15, 0.2) is 33.6 Å². The first-order valence-corrected chi connectivity index (χ1v) is 12.8. The minimum absolute atomic E-state index is 0.0803. The first kappa shape index (κ1) is 21.9. The number of rotatable bonds is 6. The average molecular weight is 491 g/mol. The Morgan fingerprint density at radius 2 is 1.91 bits per heavy atom. The van der Waals surface area contributed by atoms with Crippen LogP contribution in [0.5, 0.6) is 11.5 Å². The summed E-state index contributed by atoms with van der Waals surface area (Å²) < 4.78 is 44.7. The number of nitrogens with zero attached hydrogens (tertiary/aromatic N) is 3. The van der Waals surface area contributed by atoms with Crippen LogP contribution >= 0.6 is 11.3 Å². The highest BCUT2D eigenvalue weighted by atomic mass is 32.2. The fourth-order valence-corrected chi connectivity index (χ4v) is 6.31. The number of fused-ring (bicyclic) bond motifs is 1. The second-order valence-corrected chi connectivity index (χ2v) is 10.8. The van der Waals surface area contributed by atoms with Crippen LogP contribution < -0.4 is 14.2 Å². The maximum atomic E-state index is 12.9. The van der Waals surface area contributed by atoms with Crippen LogP contribution in [0, 0.1) is 6.92 Å². The van der Waals surface area contributed by atoms with Crippen molar-refractivity contribution in [1.29, 1.82) is 0 Å². The second kappa shape index (κ2) is 8.76. The molecule has 10 nitrogen and oxygen atoms in total. The summed E-state index contributed by atoms with van der Waals surface area (Å²) in [5.74, 6) is 0.980. The molecule has 0 spiro atoms. The molecular formula is C21H22N4O6S2. The van der Waals surface area contributed by atoms with Crippen molar-refractivity contribution < 1.29 is 27.1 Å².